The van der Waals surface area contributed by atoms with Crippen molar-refractivity contribution in [3.8, 4) is 11.5 Å². The summed E-state index contributed by atoms with van der Waals surface area (Å²) in [5.74, 6) is 0.229. The molecule has 1 N–H and O–H groups in total. The summed E-state index contributed by atoms with van der Waals surface area (Å²) in [5, 5.41) is 9.20. The van der Waals surface area contributed by atoms with Crippen molar-refractivity contribution in [2.75, 3.05) is 26.8 Å². The van der Waals surface area contributed by atoms with Crippen LogP contribution in [0, 0.1) is 11.8 Å². The number of methoxy groups -OCH3 is 1. The number of carbonyl (C=O) groups excluding carboxylic acids is 1. The van der Waals surface area contributed by atoms with Crippen molar-refractivity contribution >= 4 is 11.9 Å². The highest BCUT2D eigenvalue weighted by Gasteiger charge is 2.30. The third-order valence-corrected chi connectivity index (χ3v) is 4.65. The summed E-state index contributed by atoms with van der Waals surface area (Å²) in [7, 11) is 1.57. The molecular formula is C18H23NO5. The molecule has 0 unspecified atom stereocenters. The van der Waals surface area contributed by atoms with E-state index in [2.05, 4.69) is 0 Å². The first-order valence-electron chi connectivity index (χ1n) is 8.41. The smallest absolute Gasteiger partial charge is 0.308 e. The summed E-state index contributed by atoms with van der Waals surface area (Å²) in [6, 6.07) is 5.16. The number of likely N-dealkylation sites (tertiary alicyclic amines) is 1. The third-order valence-electron chi connectivity index (χ3n) is 4.65. The van der Waals surface area contributed by atoms with Gasteiger partial charge in [-0.05, 0) is 43.7 Å². The van der Waals surface area contributed by atoms with Gasteiger partial charge in [-0.15, -0.1) is 0 Å². The van der Waals surface area contributed by atoms with Crippen molar-refractivity contribution in [3.05, 3.63) is 23.8 Å². The highest BCUT2D eigenvalue weighted by molar-refractivity contribution is 5.97. The second-order valence-corrected chi connectivity index (χ2v) is 6.55. The fraction of sp³-hybridized carbons (Fsp3) is 0.556. The quantitative estimate of drug-likeness (QED) is 0.865. The second kappa shape index (κ2) is 7.11. The molecule has 1 saturated heterocycles. The molecule has 0 radical (unpaired) electrons. The minimum Gasteiger partial charge on any atom is -0.497 e. The Morgan fingerprint density at radius 3 is 2.75 bits per heavy atom. The average Bonchev–Trinajstić information content (AvgIpc) is 3.43. The van der Waals surface area contributed by atoms with E-state index >= 15 is 0 Å². The molecule has 0 spiro atoms. The van der Waals surface area contributed by atoms with Gasteiger partial charge in [0.2, 0.25) is 0 Å². The predicted molar refractivity (Wildman–Crippen MR) is 87.5 cm³/mol. The van der Waals surface area contributed by atoms with Gasteiger partial charge in [0.15, 0.2) is 0 Å². The van der Waals surface area contributed by atoms with Gasteiger partial charge in [0.05, 0.1) is 25.2 Å². The molecule has 3 rings (SSSR count). The van der Waals surface area contributed by atoms with Crippen LogP contribution in [0.2, 0.25) is 0 Å². The summed E-state index contributed by atoms with van der Waals surface area (Å²) in [6.45, 7) is 1.43. The maximum Gasteiger partial charge on any atom is 0.308 e. The third kappa shape index (κ3) is 3.80. The SMILES string of the molecule is COc1ccc(C(=O)N2CCC[C@H](C(=O)O)C2)c(OCC2CC2)c1. The second-order valence-electron chi connectivity index (χ2n) is 6.55. The zero-order valence-corrected chi connectivity index (χ0v) is 13.9. The largest absolute Gasteiger partial charge is 0.497 e. The summed E-state index contributed by atoms with van der Waals surface area (Å²) < 4.78 is 11.1. The highest BCUT2D eigenvalue weighted by atomic mass is 16.5. The first kappa shape index (κ1) is 16.6. The lowest BCUT2D eigenvalue weighted by Crippen LogP contribution is -2.42. The summed E-state index contributed by atoms with van der Waals surface area (Å²) >= 11 is 0. The zero-order chi connectivity index (χ0) is 17.1. The summed E-state index contributed by atoms with van der Waals surface area (Å²) in [5.41, 5.74) is 0.475. The van der Waals surface area contributed by atoms with Crippen molar-refractivity contribution in [2.24, 2.45) is 11.8 Å². The molecule has 1 saturated carbocycles. The molecule has 1 atom stereocenters. The Labute approximate surface area is 141 Å². The number of benzene rings is 1. The fourth-order valence-electron chi connectivity index (χ4n) is 2.95. The minimum atomic E-state index is -0.840. The van der Waals surface area contributed by atoms with E-state index in [-0.39, 0.29) is 12.5 Å². The van der Waals surface area contributed by atoms with Crippen LogP contribution >= 0.6 is 0 Å². The molecule has 1 aliphatic heterocycles. The van der Waals surface area contributed by atoms with Crippen LogP contribution in [0.4, 0.5) is 0 Å². The Morgan fingerprint density at radius 2 is 2.08 bits per heavy atom. The molecule has 1 aromatic rings. The van der Waals surface area contributed by atoms with E-state index in [1.807, 2.05) is 0 Å². The zero-order valence-electron chi connectivity index (χ0n) is 13.9. The number of piperidine rings is 1. The Morgan fingerprint density at radius 1 is 1.29 bits per heavy atom. The topological polar surface area (TPSA) is 76.1 Å². The summed E-state index contributed by atoms with van der Waals surface area (Å²) in [4.78, 5) is 25.7. The van der Waals surface area contributed by atoms with Crippen molar-refractivity contribution < 1.29 is 24.2 Å². The highest BCUT2D eigenvalue weighted by Crippen LogP contribution is 2.32. The van der Waals surface area contributed by atoms with Crippen LogP contribution < -0.4 is 9.47 Å². The van der Waals surface area contributed by atoms with Gasteiger partial charge < -0.3 is 19.5 Å². The number of hydrogen-bond donors (Lipinski definition) is 1. The number of nitrogens with zero attached hydrogens (tertiary/aromatic N) is 1. The number of aliphatic carboxylic acids is 1. The number of ether oxygens (including phenoxy) is 2. The number of rotatable bonds is 6. The molecule has 1 amide bonds. The van der Waals surface area contributed by atoms with Gasteiger partial charge in [-0.25, -0.2) is 0 Å². The summed E-state index contributed by atoms with van der Waals surface area (Å²) in [6.07, 6.45) is 3.66. The van der Waals surface area contributed by atoms with Crippen LogP contribution in [-0.2, 0) is 4.79 Å². The monoisotopic (exact) mass is 333 g/mol. The molecule has 1 aliphatic carbocycles. The van der Waals surface area contributed by atoms with Crippen molar-refractivity contribution in [2.45, 2.75) is 25.7 Å². The number of carbonyl (C=O) groups is 2. The first-order valence-corrected chi connectivity index (χ1v) is 8.41. The van der Waals surface area contributed by atoms with Gasteiger partial charge in [-0.3, -0.25) is 9.59 Å². The van der Waals surface area contributed by atoms with Gasteiger partial charge in [0, 0.05) is 19.2 Å². The molecule has 6 heteroatoms. The Bertz CT molecular complexity index is 626. The molecule has 2 fully saturated rings. The van der Waals surface area contributed by atoms with Gasteiger partial charge >= 0.3 is 5.97 Å². The standard InChI is InChI=1S/C18H23NO5/c1-23-14-6-7-15(16(9-14)24-11-12-4-5-12)17(20)19-8-2-3-13(10-19)18(21)22/h6-7,9,12-13H,2-5,8,10-11H2,1H3,(H,21,22)/t13-/m0/s1. The molecule has 130 valence electrons. The Hall–Kier alpha value is -2.24. The number of carboxylic acids is 1. The lowest BCUT2D eigenvalue weighted by Gasteiger charge is -2.31. The maximum absolute atomic E-state index is 12.9. The van der Waals surface area contributed by atoms with E-state index in [0.29, 0.717) is 49.0 Å². The number of hydrogen-bond acceptors (Lipinski definition) is 4. The first-order chi connectivity index (χ1) is 11.6. The van der Waals surface area contributed by atoms with E-state index in [9.17, 15) is 14.7 Å². The number of carboxylic acid groups (broad SMARTS) is 1. The van der Waals surface area contributed by atoms with Crippen LogP contribution in [0.15, 0.2) is 18.2 Å². The van der Waals surface area contributed by atoms with E-state index in [1.54, 1.807) is 30.2 Å². The lowest BCUT2D eigenvalue weighted by molar-refractivity contribution is -0.143. The van der Waals surface area contributed by atoms with Gasteiger partial charge in [-0.1, -0.05) is 0 Å². The molecular weight excluding hydrogens is 310 g/mol. The Balaban J connectivity index is 1.78. The molecule has 1 aromatic carbocycles. The molecule has 6 nitrogen and oxygen atoms in total. The molecule has 0 bridgehead atoms. The Kier molecular flexibility index (Phi) is 4.92. The van der Waals surface area contributed by atoms with Crippen LogP contribution in [-0.4, -0.2) is 48.7 Å². The van der Waals surface area contributed by atoms with Crippen molar-refractivity contribution in [3.63, 3.8) is 0 Å². The van der Waals surface area contributed by atoms with E-state index < -0.39 is 11.9 Å². The van der Waals surface area contributed by atoms with E-state index in [1.165, 1.54) is 12.8 Å². The molecule has 0 aromatic heterocycles. The van der Waals surface area contributed by atoms with E-state index in [0.717, 1.165) is 0 Å². The van der Waals surface area contributed by atoms with Crippen LogP contribution in [0.1, 0.15) is 36.0 Å². The molecule has 1 heterocycles. The van der Waals surface area contributed by atoms with Crippen LogP contribution in [0.25, 0.3) is 0 Å². The minimum absolute atomic E-state index is 0.172. The lowest BCUT2D eigenvalue weighted by atomic mass is 9.97. The normalized spacial score (nSPS) is 20.5. The average molecular weight is 333 g/mol. The molecule has 24 heavy (non-hydrogen) atoms. The van der Waals surface area contributed by atoms with Gasteiger partial charge in [0.25, 0.3) is 5.91 Å². The fourth-order valence-corrected chi connectivity index (χ4v) is 2.95. The maximum atomic E-state index is 12.9. The number of amides is 1. The van der Waals surface area contributed by atoms with Crippen molar-refractivity contribution in [1.82, 2.24) is 4.90 Å². The van der Waals surface area contributed by atoms with Crippen molar-refractivity contribution in [1.29, 1.82) is 0 Å². The van der Waals surface area contributed by atoms with E-state index in [4.69, 9.17) is 9.47 Å². The molecule has 2 aliphatic rings. The van der Waals surface area contributed by atoms with Gasteiger partial charge in [0.1, 0.15) is 11.5 Å². The predicted octanol–water partition coefficient (Wildman–Crippen LogP) is 2.42. The van der Waals surface area contributed by atoms with Crippen LogP contribution in [0.3, 0.4) is 0 Å². The van der Waals surface area contributed by atoms with Gasteiger partial charge in [-0.2, -0.15) is 0 Å². The van der Waals surface area contributed by atoms with Crippen LogP contribution in [0.5, 0.6) is 11.5 Å².